The summed E-state index contributed by atoms with van der Waals surface area (Å²) in [6.45, 7) is 2.30. The Morgan fingerprint density at radius 3 is 2.61 bits per heavy atom. The monoisotopic (exact) mass is 247 g/mol. The van der Waals surface area contributed by atoms with Crippen molar-refractivity contribution >= 4 is 10.9 Å². The van der Waals surface area contributed by atoms with Gasteiger partial charge in [0.1, 0.15) is 0 Å². The summed E-state index contributed by atoms with van der Waals surface area (Å²) in [5.74, 6) is 0. The van der Waals surface area contributed by atoms with E-state index in [-0.39, 0.29) is 17.3 Å². The topological polar surface area (TPSA) is 56.0 Å². The van der Waals surface area contributed by atoms with Crippen LogP contribution < -0.4 is 16.6 Å². The van der Waals surface area contributed by atoms with Gasteiger partial charge in [-0.25, -0.2) is 4.79 Å². The van der Waals surface area contributed by atoms with Gasteiger partial charge in [-0.2, -0.15) is 0 Å². The van der Waals surface area contributed by atoms with E-state index < -0.39 is 0 Å². The minimum atomic E-state index is -0.277. The molecule has 0 aliphatic carbocycles. The van der Waals surface area contributed by atoms with Gasteiger partial charge in [-0.3, -0.25) is 13.9 Å². The molecule has 1 atom stereocenters. The van der Waals surface area contributed by atoms with Gasteiger partial charge in [0.15, 0.2) is 0 Å². The molecule has 0 saturated heterocycles. The Kier molecular flexibility index (Phi) is 3.34. The average molecular weight is 247 g/mol. The van der Waals surface area contributed by atoms with Crippen LogP contribution in [0.5, 0.6) is 0 Å². The molecule has 0 fully saturated rings. The van der Waals surface area contributed by atoms with Gasteiger partial charge in [-0.1, -0.05) is 12.1 Å². The predicted octanol–water partition coefficient (Wildman–Crippen LogP) is 0.308. The number of nitrogens with one attached hydrogen (secondary N) is 1. The summed E-state index contributed by atoms with van der Waals surface area (Å²) in [6, 6.07) is 7.22. The van der Waals surface area contributed by atoms with Gasteiger partial charge in [0, 0.05) is 19.6 Å². The van der Waals surface area contributed by atoms with Crippen molar-refractivity contribution in [3.8, 4) is 0 Å². The highest BCUT2D eigenvalue weighted by molar-refractivity contribution is 5.77. The van der Waals surface area contributed by atoms with Crippen molar-refractivity contribution in [3.63, 3.8) is 0 Å². The van der Waals surface area contributed by atoms with Crippen LogP contribution in [0.4, 0.5) is 0 Å². The van der Waals surface area contributed by atoms with Crippen molar-refractivity contribution in [1.82, 2.24) is 14.5 Å². The summed E-state index contributed by atoms with van der Waals surface area (Å²) >= 11 is 0. The smallest absolute Gasteiger partial charge is 0.315 e. The number of hydrogen-bond acceptors (Lipinski definition) is 3. The second kappa shape index (κ2) is 4.78. The molecule has 2 aromatic rings. The molecule has 1 N–H and O–H groups in total. The molecular formula is C13H17N3O2. The summed E-state index contributed by atoms with van der Waals surface area (Å²) < 4.78 is 2.79. The van der Waals surface area contributed by atoms with Crippen molar-refractivity contribution in [1.29, 1.82) is 0 Å². The average Bonchev–Trinajstić information content (AvgIpc) is 2.40. The summed E-state index contributed by atoms with van der Waals surface area (Å²) in [5, 5.41) is 3.60. The van der Waals surface area contributed by atoms with Crippen molar-refractivity contribution < 1.29 is 0 Å². The largest absolute Gasteiger partial charge is 0.331 e. The Hall–Kier alpha value is -1.88. The van der Waals surface area contributed by atoms with Gasteiger partial charge in [-0.15, -0.1) is 0 Å². The van der Waals surface area contributed by atoms with Crippen LogP contribution >= 0.6 is 0 Å². The van der Waals surface area contributed by atoms with Crippen molar-refractivity contribution in [2.45, 2.75) is 19.5 Å². The maximum atomic E-state index is 12.3. The Labute approximate surface area is 105 Å². The van der Waals surface area contributed by atoms with E-state index in [0.29, 0.717) is 17.4 Å². The molecule has 0 aliphatic rings. The highest BCUT2D eigenvalue weighted by Gasteiger charge is 2.11. The van der Waals surface area contributed by atoms with Crippen LogP contribution in [0.25, 0.3) is 10.9 Å². The van der Waals surface area contributed by atoms with Gasteiger partial charge in [0.25, 0.3) is 5.56 Å². The standard InChI is InChI=1S/C13H17N3O2/c1-9(14-2)8-16-12(17)10-6-4-5-7-11(10)15(3)13(16)18/h4-7,9,14H,8H2,1-3H3. The zero-order chi connectivity index (χ0) is 13.3. The van der Waals surface area contributed by atoms with E-state index in [2.05, 4.69) is 5.32 Å². The van der Waals surface area contributed by atoms with E-state index in [0.717, 1.165) is 0 Å². The van der Waals surface area contributed by atoms with E-state index in [1.807, 2.05) is 13.0 Å². The minimum Gasteiger partial charge on any atom is -0.315 e. The van der Waals surface area contributed by atoms with E-state index in [1.54, 1.807) is 32.3 Å². The fourth-order valence-electron chi connectivity index (χ4n) is 1.99. The first-order chi connectivity index (χ1) is 8.56. The number of fused-ring (bicyclic) bond motifs is 1. The molecule has 5 nitrogen and oxygen atoms in total. The van der Waals surface area contributed by atoms with Crippen LogP contribution in [0.15, 0.2) is 33.9 Å². The van der Waals surface area contributed by atoms with Crippen molar-refractivity contribution in [2.24, 2.45) is 7.05 Å². The first-order valence-electron chi connectivity index (χ1n) is 5.92. The molecule has 0 aliphatic heterocycles. The molecular weight excluding hydrogens is 230 g/mol. The zero-order valence-corrected chi connectivity index (χ0v) is 10.8. The Bertz CT molecular complexity index is 685. The Morgan fingerprint density at radius 1 is 1.28 bits per heavy atom. The molecule has 18 heavy (non-hydrogen) atoms. The van der Waals surface area contributed by atoms with Crippen molar-refractivity contribution in [2.75, 3.05) is 7.05 Å². The van der Waals surface area contributed by atoms with Crippen molar-refractivity contribution in [3.05, 3.63) is 45.1 Å². The van der Waals surface area contributed by atoms with Gasteiger partial charge in [0.05, 0.1) is 10.9 Å². The number of hydrogen-bond donors (Lipinski definition) is 1. The number of para-hydroxylation sites is 1. The number of benzene rings is 1. The molecule has 1 unspecified atom stereocenters. The van der Waals surface area contributed by atoms with Crippen LogP contribution in [-0.4, -0.2) is 22.2 Å². The van der Waals surface area contributed by atoms with E-state index in [9.17, 15) is 9.59 Å². The molecule has 1 aromatic heterocycles. The summed E-state index contributed by atoms with van der Waals surface area (Å²) in [7, 11) is 3.49. The third-order valence-electron chi connectivity index (χ3n) is 3.21. The van der Waals surface area contributed by atoms with Gasteiger partial charge < -0.3 is 5.32 Å². The van der Waals surface area contributed by atoms with E-state index >= 15 is 0 Å². The predicted molar refractivity (Wildman–Crippen MR) is 72.0 cm³/mol. The second-order valence-electron chi connectivity index (χ2n) is 4.46. The van der Waals surface area contributed by atoms with Gasteiger partial charge >= 0.3 is 5.69 Å². The van der Waals surface area contributed by atoms with Crippen LogP contribution in [-0.2, 0) is 13.6 Å². The maximum Gasteiger partial charge on any atom is 0.331 e. The maximum absolute atomic E-state index is 12.3. The highest BCUT2D eigenvalue weighted by Crippen LogP contribution is 2.05. The second-order valence-corrected chi connectivity index (χ2v) is 4.46. The SMILES string of the molecule is CNC(C)Cn1c(=O)c2ccccc2n(C)c1=O. The van der Waals surface area contributed by atoms with Crippen LogP contribution in [0.1, 0.15) is 6.92 Å². The number of nitrogens with zero attached hydrogens (tertiary/aromatic N) is 2. The van der Waals surface area contributed by atoms with Crippen LogP contribution in [0.2, 0.25) is 0 Å². The summed E-state index contributed by atoms with van der Waals surface area (Å²) in [4.78, 5) is 24.4. The minimum absolute atomic E-state index is 0.0663. The summed E-state index contributed by atoms with van der Waals surface area (Å²) in [6.07, 6.45) is 0. The number of aromatic nitrogens is 2. The molecule has 5 heteroatoms. The fourth-order valence-corrected chi connectivity index (χ4v) is 1.99. The zero-order valence-electron chi connectivity index (χ0n) is 10.8. The summed E-state index contributed by atoms with van der Waals surface area (Å²) in [5.41, 5.74) is 0.164. The third kappa shape index (κ3) is 1.97. The quantitative estimate of drug-likeness (QED) is 0.849. The van der Waals surface area contributed by atoms with Crippen LogP contribution in [0, 0.1) is 0 Å². The lowest BCUT2D eigenvalue weighted by Gasteiger charge is -2.14. The first kappa shape index (κ1) is 12.6. The molecule has 0 spiro atoms. The molecule has 0 saturated carbocycles. The van der Waals surface area contributed by atoms with Crippen LogP contribution in [0.3, 0.4) is 0 Å². The molecule has 96 valence electrons. The van der Waals surface area contributed by atoms with Gasteiger partial charge in [-0.05, 0) is 26.1 Å². The van der Waals surface area contributed by atoms with E-state index in [1.165, 1.54) is 9.13 Å². The third-order valence-corrected chi connectivity index (χ3v) is 3.21. The molecule has 2 rings (SSSR count). The normalized spacial score (nSPS) is 12.8. The fraction of sp³-hybridized carbons (Fsp3) is 0.385. The molecule has 0 bridgehead atoms. The lowest BCUT2D eigenvalue weighted by molar-refractivity contribution is 0.483. The molecule has 0 amide bonds. The first-order valence-corrected chi connectivity index (χ1v) is 5.92. The lowest BCUT2D eigenvalue weighted by Crippen LogP contribution is -2.43. The number of likely N-dealkylation sites (N-methyl/N-ethyl adjacent to an activating group) is 1. The molecule has 1 aromatic carbocycles. The number of rotatable bonds is 3. The van der Waals surface area contributed by atoms with Gasteiger partial charge in [0.2, 0.25) is 0 Å². The molecule has 1 heterocycles. The van der Waals surface area contributed by atoms with E-state index in [4.69, 9.17) is 0 Å². The molecule has 0 radical (unpaired) electrons. The number of aryl methyl sites for hydroxylation is 1. The Balaban J connectivity index is 2.75. The Morgan fingerprint density at radius 2 is 1.94 bits per heavy atom. The highest BCUT2D eigenvalue weighted by atomic mass is 16.2. The lowest BCUT2D eigenvalue weighted by atomic mass is 10.2.